The second kappa shape index (κ2) is 5.02. The molecule has 12 heavy (non-hydrogen) atoms. The predicted molar refractivity (Wildman–Crippen MR) is 56.5 cm³/mol. The normalized spacial score (nSPS) is 14.8. The molecule has 1 fully saturated rings. The van der Waals surface area contributed by atoms with Crippen LogP contribution in [0, 0.1) is 0 Å². The van der Waals surface area contributed by atoms with E-state index in [4.69, 9.17) is 5.73 Å². The molecule has 5 heteroatoms. The van der Waals surface area contributed by atoms with Crippen molar-refractivity contribution in [1.29, 1.82) is 0 Å². The van der Waals surface area contributed by atoms with Gasteiger partial charge >= 0.3 is 0 Å². The molecule has 0 radical (unpaired) electrons. The summed E-state index contributed by atoms with van der Waals surface area (Å²) >= 11 is 1.77. The maximum atomic E-state index is 5.45. The molecule has 70 valence electrons. The Kier molecular flexibility index (Phi) is 5.09. The van der Waals surface area contributed by atoms with E-state index in [9.17, 15) is 0 Å². The molecule has 1 aromatic rings. The lowest BCUT2D eigenvalue weighted by Gasteiger charge is -1.84. The molecule has 2 N–H and O–H groups in total. The highest BCUT2D eigenvalue weighted by Gasteiger charge is 2.26. The minimum absolute atomic E-state index is 0. The molecule has 0 aromatic carbocycles. The number of rotatable bonds is 2. The van der Waals surface area contributed by atoms with Crippen molar-refractivity contribution in [3.05, 3.63) is 16.1 Å². The van der Waals surface area contributed by atoms with E-state index in [0.717, 1.165) is 5.92 Å². The minimum atomic E-state index is 0. The van der Waals surface area contributed by atoms with Crippen LogP contribution < -0.4 is 5.73 Å². The van der Waals surface area contributed by atoms with E-state index in [0.29, 0.717) is 6.54 Å². The molecule has 1 aromatic heterocycles. The van der Waals surface area contributed by atoms with Crippen LogP contribution in [0.4, 0.5) is 0 Å². The maximum Gasteiger partial charge on any atom is 0.0959 e. The lowest BCUT2D eigenvalue weighted by molar-refractivity contribution is 1.06. The quantitative estimate of drug-likeness (QED) is 0.842. The first-order chi connectivity index (χ1) is 4.90. The fourth-order valence-electron chi connectivity index (χ4n) is 0.936. The van der Waals surface area contributed by atoms with E-state index in [1.54, 1.807) is 11.3 Å². The molecule has 2 nitrogen and oxygen atoms in total. The molecule has 1 heterocycles. The van der Waals surface area contributed by atoms with Gasteiger partial charge in [0.05, 0.1) is 5.01 Å². The molecule has 1 saturated carbocycles. The van der Waals surface area contributed by atoms with Crippen LogP contribution >= 0.6 is 36.2 Å². The third kappa shape index (κ3) is 2.59. The van der Waals surface area contributed by atoms with Gasteiger partial charge < -0.3 is 5.73 Å². The highest BCUT2D eigenvalue weighted by Crippen LogP contribution is 2.41. The van der Waals surface area contributed by atoms with E-state index in [1.165, 1.54) is 22.7 Å². The van der Waals surface area contributed by atoms with Crippen molar-refractivity contribution in [2.45, 2.75) is 25.3 Å². The van der Waals surface area contributed by atoms with Gasteiger partial charge in [-0.3, -0.25) is 0 Å². The van der Waals surface area contributed by atoms with E-state index in [1.807, 2.05) is 6.20 Å². The molecule has 0 aliphatic heterocycles. The fraction of sp³-hybridized carbons (Fsp3) is 0.571. The fourth-order valence-corrected chi connectivity index (χ4v) is 1.90. The predicted octanol–water partition coefficient (Wildman–Crippen LogP) is 2.32. The Morgan fingerprint density at radius 2 is 2.17 bits per heavy atom. The molecule has 2 rings (SSSR count). The summed E-state index contributed by atoms with van der Waals surface area (Å²) in [5, 5.41) is 1.29. The van der Waals surface area contributed by atoms with Crippen molar-refractivity contribution >= 4 is 36.2 Å². The van der Waals surface area contributed by atoms with E-state index in [-0.39, 0.29) is 24.8 Å². The lowest BCUT2D eigenvalue weighted by atomic mass is 10.5. The topological polar surface area (TPSA) is 38.9 Å². The van der Waals surface area contributed by atoms with Crippen molar-refractivity contribution in [2.75, 3.05) is 0 Å². The van der Waals surface area contributed by atoms with Crippen LogP contribution in [-0.4, -0.2) is 4.98 Å². The smallest absolute Gasteiger partial charge is 0.0959 e. The Bertz CT molecular complexity index is 235. The first kappa shape index (κ1) is 12.2. The van der Waals surface area contributed by atoms with Crippen molar-refractivity contribution in [3.8, 4) is 0 Å². The summed E-state index contributed by atoms with van der Waals surface area (Å²) in [6, 6.07) is 0. The van der Waals surface area contributed by atoms with Gasteiger partial charge in [0, 0.05) is 23.5 Å². The third-order valence-electron chi connectivity index (χ3n) is 1.70. The van der Waals surface area contributed by atoms with Crippen molar-refractivity contribution in [3.63, 3.8) is 0 Å². The summed E-state index contributed by atoms with van der Waals surface area (Å²) in [7, 11) is 0. The largest absolute Gasteiger partial charge is 0.326 e. The molecule has 0 saturated heterocycles. The molecule has 1 aliphatic rings. The van der Waals surface area contributed by atoms with Gasteiger partial charge in [0.2, 0.25) is 0 Å². The van der Waals surface area contributed by atoms with Crippen LogP contribution in [0.5, 0.6) is 0 Å². The Hall–Kier alpha value is 0.170. The molecule has 0 bridgehead atoms. The maximum absolute atomic E-state index is 5.45. The highest BCUT2D eigenvalue weighted by molar-refractivity contribution is 7.11. The second-order valence-corrected chi connectivity index (χ2v) is 3.79. The Labute approximate surface area is 88.4 Å². The third-order valence-corrected chi connectivity index (χ3v) is 2.88. The summed E-state index contributed by atoms with van der Waals surface area (Å²) in [5.74, 6) is 0.783. The SMILES string of the molecule is Cl.Cl.NCc1cnc(C2CC2)s1. The average Bonchev–Trinajstić information content (AvgIpc) is 2.70. The first-order valence-corrected chi connectivity index (χ1v) is 4.36. The first-order valence-electron chi connectivity index (χ1n) is 3.55. The zero-order chi connectivity index (χ0) is 6.97. The van der Waals surface area contributed by atoms with Gasteiger partial charge in [-0.25, -0.2) is 4.98 Å². The second-order valence-electron chi connectivity index (χ2n) is 2.64. The van der Waals surface area contributed by atoms with Crippen LogP contribution in [0.2, 0.25) is 0 Å². The van der Waals surface area contributed by atoms with Gasteiger partial charge in [-0.15, -0.1) is 36.2 Å². The molecular formula is C7H12Cl2N2S. The van der Waals surface area contributed by atoms with Crippen LogP contribution in [0.3, 0.4) is 0 Å². The standard InChI is InChI=1S/C7H10N2S.2ClH/c8-3-6-4-9-7(10-6)5-1-2-5;;/h4-5H,1-3,8H2;2*1H. The van der Waals surface area contributed by atoms with Crippen molar-refractivity contribution < 1.29 is 0 Å². The van der Waals surface area contributed by atoms with E-state index in [2.05, 4.69) is 4.98 Å². The van der Waals surface area contributed by atoms with Gasteiger partial charge in [0.25, 0.3) is 0 Å². The van der Waals surface area contributed by atoms with Gasteiger partial charge in [-0.2, -0.15) is 0 Å². The van der Waals surface area contributed by atoms with Gasteiger partial charge in [0.15, 0.2) is 0 Å². The number of halogens is 2. The number of hydrogen-bond donors (Lipinski definition) is 1. The summed E-state index contributed by atoms with van der Waals surface area (Å²) in [6.07, 6.45) is 4.56. The highest BCUT2D eigenvalue weighted by atomic mass is 35.5. The molecular weight excluding hydrogens is 215 g/mol. The number of nitrogens with two attached hydrogens (primary N) is 1. The van der Waals surface area contributed by atoms with Crippen molar-refractivity contribution in [2.24, 2.45) is 5.73 Å². The minimum Gasteiger partial charge on any atom is -0.326 e. The van der Waals surface area contributed by atoms with Crippen LogP contribution in [0.25, 0.3) is 0 Å². The van der Waals surface area contributed by atoms with Crippen LogP contribution in [0.15, 0.2) is 6.20 Å². The zero-order valence-corrected chi connectivity index (χ0v) is 8.97. The van der Waals surface area contributed by atoms with Crippen LogP contribution in [0.1, 0.15) is 28.6 Å². The van der Waals surface area contributed by atoms with Gasteiger partial charge in [-0.05, 0) is 12.8 Å². The zero-order valence-electron chi connectivity index (χ0n) is 6.53. The average molecular weight is 227 g/mol. The summed E-state index contributed by atoms with van der Waals surface area (Å²) < 4.78 is 0. The van der Waals surface area contributed by atoms with Gasteiger partial charge in [-0.1, -0.05) is 0 Å². The Morgan fingerprint density at radius 1 is 1.50 bits per heavy atom. The Balaban J connectivity index is 0.000000605. The molecule has 1 aliphatic carbocycles. The van der Waals surface area contributed by atoms with E-state index < -0.39 is 0 Å². The number of hydrogen-bond acceptors (Lipinski definition) is 3. The summed E-state index contributed by atoms with van der Waals surface area (Å²) in [4.78, 5) is 5.50. The molecule has 0 amide bonds. The number of nitrogens with zero attached hydrogens (tertiary/aromatic N) is 1. The summed E-state index contributed by atoms with van der Waals surface area (Å²) in [5.41, 5.74) is 5.45. The lowest BCUT2D eigenvalue weighted by Crippen LogP contribution is -1.91. The molecule has 0 atom stereocenters. The van der Waals surface area contributed by atoms with Crippen LogP contribution in [-0.2, 0) is 6.54 Å². The Morgan fingerprint density at radius 3 is 2.58 bits per heavy atom. The number of aromatic nitrogens is 1. The number of thiazole rings is 1. The van der Waals surface area contributed by atoms with E-state index >= 15 is 0 Å². The summed E-state index contributed by atoms with van der Waals surface area (Å²) in [6.45, 7) is 0.643. The molecule has 0 unspecified atom stereocenters. The van der Waals surface area contributed by atoms with Gasteiger partial charge in [0.1, 0.15) is 0 Å². The monoisotopic (exact) mass is 226 g/mol. The van der Waals surface area contributed by atoms with Crippen molar-refractivity contribution in [1.82, 2.24) is 4.98 Å². The molecule has 0 spiro atoms.